The molecule has 4 atom stereocenters. The number of aliphatic hydroxyl groups is 1. The van der Waals surface area contributed by atoms with Gasteiger partial charge < -0.3 is 10.1 Å². The largest absolute Gasteiger partial charge is 0.396 e. The Hall–Kier alpha value is -1.88. The molecule has 2 saturated carbocycles. The highest BCUT2D eigenvalue weighted by Crippen LogP contribution is 2.54. The Morgan fingerprint density at radius 2 is 2.23 bits per heavy atom. The van der Waals surface area contributed by atoms with Gasteiger partial charge in [0.05, 0.1) is 22.9 Å². The molecule has 22 heavy (non-hydrogen) atoms. The van der Waals surface area contributed by atoms with Gasteiger partial charge in [0.1, 0.15) is 0 Å². The highest BCUT2D eigenvalue weighted by molar-refractivity contribution is 5.87. The number of hydrogen-bond donors (Lipinski definition) is 2. The molecule has 5 nitrogen and oxygen atoms in total. The van der Waals surface area contributed by atoms with E-state index < -0.39 is 0 Å². The lowest BCUT2D eigenvalue weighted by Gasteiger charge is -2.31. The molecule has 0 saturated heterocycles. The molecule has 5 heteroatoms. The summed E-state index contributed by atoms with van der Waals surface area (Å²) < 4.78 is 1.94. The van der Waals surface area contributed by atoms with Crippen LogP contribution in [0.3, 0.4) is 0 Å². The monoisotopic (exact) mass is 297 g/mol. The third-order valence-electron chi connectivity index (χ3n) is 6.02. The minimum atomic E-state index is -0.0542. The maximum Gasteiger partial charge on any atom is 0.326 e. The number of allylic oxidation sites excluding steroid dienone is 1. The van der Waals surface area contributed by atoms with Crippen LogP contribution in [0.2, 0.25) is 0 Å². The van der Waals surface area contributed by atoms with E-state index in [1.54, 1.807) is 6.20 Å². The molecule has 1 unspecified atom stereocenters. The van der Waals surface area contributed by atoms with Crippen LogP contribution in [0.1, 0.15) is 36.6 Å². The van der Waals surface area contributed by atoms with E-state index in [4.69, 9.17) is 0 Å². The van der Waals surface area contributed by atoms with Gasteiger partial charge >= 0.3 is 5.69 Å². The van der Waals surface area contributed by atoms with Crippen molar-refractivity contribution in [3.05, 3.63) is 34.0 Å². The van der Waals surface area contributed by atoms with Crippen molar-refractivity contribution < 1.29 is 5.11 Å². The Morgan fingerprint density at radius 3 is 3.09 bits per heavy atom. The van der Waals surface area contributed by atoms with Gasteiger partial charge in [-0.15, -0.1) is 0 Å². The van der Waals surface area contributed by atoms with Gasteiger partial charge in [0.2, 0.25) is 0 Å². The van der Waals surface area contributed by atoms with E-state index in [-0.39, 0.29) is 24.3 Å². The summed E-state index contributed by atoms with van der Waals surface area (Å²) in [5.41, 5.74) is 3.87. The van der Waals surface area contributed by atoms with Gasteiger partial charge in [-0.2, -0.15) is 0 Å². The number of nitrogens with one attached hydrogen (secondary N) is 1. The van der Waals surface area contributed by atoms with Crippen LogP contribution in [0.25, 0.3) is 17.1 Å². The van der Waals surface area contributed by atoms with Crippen LogP contribution in [0, 0.1) is 17.8 Å². The van der Waals surface area contributed by atoms with Crippen molar-refractivity contribution in [1.82, 2.24) is 14.5 Å². The zero-order chi connectivity index (χ0) is 14.8. The Kier molecular flexibility index (Phi) is 2.48. The van der Waals surface area contributed by atoms with Gasteiger partial charge in [0.15, 0.2) is 0 Å². The molecule has 0 radical (unpaired) electrons. The lowest BCUT2D eigenvalue weighted by atomic mass is 9.84. The van der Waals surface area contributed by atoms with Crippen molar-refractivity contribution in [3.63, 3.8) is 0 Å². The smallest absolute Gasteiger partial charge is 0.326 e. The molecule has 2 N–H and O–H groups in total. The number of nitrogens with zero attached hydrogens (tertiary/aromatic N) is 2. The van der Waals surface area contributed by atoms with Gasteiger partial charge in [-0.25, -0.2) is 4.79 Å². The van der Waals surface area contributed by atoms with Crippen molar-refractivity contribution >= 4 is 17.1 Å². The van der Waals surface area contributed by atoms with Gasteiger partial charge in [-0.1, -0.05) is 12.2 Å². The number of hydrogen-bond acceptors (Lipinski definition) is 3. The molecule has 2 aromatic heterocycles. The fourth-order valence-corrected chi connectivity index (χ4v) is 5.13. The molecule has 2 heterocycles. The number of aromatic nitrogens is 3. The average molecular weight is 297 g/mol. The minimum absolute atomic E-state index is 0.0542. The van der Waals surface area contributed by atoms with Crippen LogP contribution in [0.15, 0.2) is 17.1 Å². The first-order valence-electron chi connectivity index (χ1n) is 8.17. The van der Waals surface area contributed by atoms with Crippen LogP contribution in [0.4, 0.5) is 0 Å². The summed E-state index contributed by atoms with van der Waals surface area (Å²) in [6.07, 6.45) is 10.3. The predicted molar refractivity (Wildman–Crippen MR) is 83.5 cm³/mol. The Labute approximate surface area is 127 Å². The number of aliphatic hydroxyl groups excluding tert-OH is 1. The maximum atomic E-state index is 12.6. The first-order chi connectivity index (χ1) is 10.8. The number of pyridine rings is 1. The lowest BCUT2D eigenvalue weighted by Crippen LogP contribution is -2.33. The normalized spacial score (nSPS) is 32.2. The van der Waals surface area contributed by atoms with Crippen molar-refractivity contribution in [3.8, 4) is 0 Å². The van der Waals surface area contributed by atoms with Gasteiger partial charge in [0.25, 0.3) is 0 Å². The number of imidazole rings is 1. The van der Waals surface area contributed by atoms with E-state index in [0.717, 1.165) is 35.1 Å². The second-order valence-corrected chi connectivity index (χ2v) is 6.96. The Balaban J connectivity index is 1.78. The SMILES string of the molecule is O=c1[nH]c2cnc3c(c2n1[C@H]1C2CC[C@H](C2)[C@H]1CO)C=CC3. The summed E-state index contributed by atoms with van der Waals surface area (Å²) in [5, 5.41) is 9.86. The van der Waals surface area contributed by atoms with Gasteiger partial charge in [-0.3, -0.25) is 9.55 Å². The highest BCUT2D eigenvalue weighted by atomic mass is 16.3. The Bertz CT molecular complexity index is 847. The molecular formula is C17H19N3O2. The summed E-state index contributed by atoms with van der Waals surface area (Å²) in [4.78, 5) is 20.1. The van der Waals surface area contributed by atoms with Gasteiger partial charge in [-0.05, 0) is 31.1 Å². The fraction of sp³-hybridized carbons (Fsp3) is 0.529. The average Bonchev–Trinajstić information content (AvgIpc) is 3.27. The molecule has 0 aliphatic heterocycles. The molecule has 114 valence electrons. The topological polar surface area (TPSA) is 70.9 Å². The van der Waals surface area contributed by atoms with E-state index in [1.807, 2.05) is 4.57 Å². The molecule has 3 aliphatic rings. The van der Waals surface area contributed by atoms with Crippen molar-refractivity contribution in [1.29, 1.82) is 0 Å². The van der Waals surface area contributed by atoms with Crippen LogP contribution in [-0.4, -0.2) is 26.2 Å². The summed E-state index contributed by atoms with van der Waals surface area (Å²) >= 11 is 0. The first-order valence-corrected chi connectivity index (χ1v) is 8.17. The van der Waals surface area contributed by atoms with E-state index in [1.165, 1.54) is 12.8 Å². The van der Waals surface area contributed by atoms with Crippen LogP contribution in [0.5, 0.6) is 0 Å². The Morgan fingerprint density at radius 1 is 1.36 bits per heavy atom. The summed E-state index contributed by atoms with van der Waals surface area (Å²) in [6.45, 7) is 0.175. The number of aromatic amines is 1. The minimum Gasteiger partial charge on any atom is -0.396 e. The molecule has 0 amide bonds. The zero-order valence-electron chi connectivity index (χ0n) is 12.3. The van der Waals surface area contributed by atoms with Crippen molar-refractivity contribution in [2.75, 3.05) is 6.61 Å². The lowest BCUT2D eigenvalue weighted by molar-refractivity contribution is 0.129. The molecule has 0 spiro atoms. The molecule has 0 aromatic carbocycles. The van der Waals surface area contributed by atoms with Crippen LogP contribution >= 0.6 is 0 Å². The second kappa shape index (κ2) is 4.32. The number of rotatable bonds is 2. The van der Waals surface area contributed by atoms with Crippen LogP contribution < -0.4 is 5.69 Å². The number of H-pyrrole nitrogens is 1. The third kappa shape index (κ3) is 1.47. The molecule has 2 fully saturated rings. The molecular weight excluding hydrogens is 278 g/mol. The first kappa shape index (κ1) is 12.6. The van der Waals surface area contributed by atoms with Crippen LogP contribution in [-0.2, 0) is 6.42 Å². The van der Waals surface area contributed by atoms with Crippen molar-refractivity contribution in [2.45, 2.75) is 31.7 Å². The summed E-state index contributed by atoms with van der Waals surface area (Å²) in [6, 6.07) is 0.130. The highest BCUT2D eigenvalue weighted by Gasteiger charge is 2.49. The van der Waals surface area contributed by atoms with Gasteiger partial charge in [0, 0.05) is 30.6 Å². The van der Waals surface area contributed by atoms with Crippen molar-refractivity contribution in [2.24, 2.45) is 17.8 Å². The van der Waals surface area contributed by atoms with E-state index in [0.29, 0.717) is 11.8 Å². The standard InChI is InChI=1S/C17H19N3O2/c21-8-12-9-4-5-10(6-9)15(12)20-16-11-2-1-3-13(11)18-7-14(16)19-17(20)22/h1-2,7,9-10,12,15,21H,3-6,8H2,(H,19,22)/t9-,10?,12-,15+/m1/s1. The summed E-state index contributed by atoms with van der Waals surface area (Å²) in [5.74, 6) is 1.31. The molecule has 2 aromatic rings. The molecule has 5 rings (SSSR count). The third-order valence-corrected chi connectivity index (χ3v) is 6.02. The molecule has 3 aliphatic carbocycles. The number of fused-ring (bicyclic) bond motifs is 5. The van der Waals surface area contributed by atoms with E-state index in [9.17, 15) is 9.90 Å². The zero-order valence-corrected chi connectivity index (χ0v) is 12.3. The fourth-order valence-electron chi connectivity index (χ4n) is 5.13. The van der Waals surface area contributed by atoms with E-state index in [2.05, 4.69) is 22.1 Å². The maximum absolute atomic E-state index is 12.6. The summed E-state index contributed by atoms with van der Waals surface area (Å²) in [7, 11) is 0. The quantitative estimate of drug-likeness (QED) is 0.889. The predicted octanol–water partition coefficient (Wildman–Crippen LogP) is 1.87. The van der Waals surface area contributed by atoms with E-state index >= 15 is 0 Å². The second-order valence-electron chi connectivity index (χ2n) is 6.96. The molecule has 2 bridgehead atoms.